The van der Waals surface area contributed by atoms with Gasteiger partial charge in [-0.3, -0.25) is 4.79 Å². The highest BCUT2D eigenvalue weighted by atomic mass is 79.9. The van der Waals surface area contributed by atoms with Crippen LogP contribution in [0.3, 0.4) is 0 Å². The van der Waals surface area contributed by atoms with E-state index >= 15 is 0 Å². The maximum Gasteiger partial charge on any atom is 0.228 e. The molecule has 1 aromatic rings. The predicted molar refractivity (Wildman–Crippen MR) is 73.5 cm³/mol. The van der Waals surface area contributed by atoms with E-state index in [-0.39, 0.29) is 17.9 Å². The largest absolute Gasteiger partial charge is 0.378 e. The van der Waals surface area contributed by atoms with Gasteiger partial charge in [0.25, 0.3) is 0 Å². The van der Waals surface area contributed by atoms with Gasteiger partial charge in [-0.1, -0.05) is 0 Å². The van der Waals surface area contributed by atoms with Gasteiger partial charge in [0.2, 0.25) is 5.91 Å². The van der Waals surface area contributed by atoms with Crippen LogP contribution >= 0.6 is 15.9 Å². The Morgan fingerprint density at radius 1 is 1.53 bits per heavy atom. The molecule has 3 rings (SSSR count). The first-order valence-corrected chi connectivity index (χ1v) is 7.56. The van der Waals surface area contributed by atoms with Gasteiger partial charge in [-0.15, -0.1) is 0 Å². The number of hydrogen-bond donors (Lipinski definition) is 0. The van der Waals surface area contributed by atoms with E-state index in [1.807, 2.05) is 11.8 Å². The van der Waals surface area contributed by atoms with Crippen LogP contribution in [-0.4, -0.2) is 39.6 Å². The summed E-state index contributed by atoms with van der Waals surface area (Å²) >= 11 is 3.47. The van der Waals surface area contributed by atoms with Crippen molar-refractivity contribution < 1.29 is 9.53 Å². The molecule has 0 spiro atoms. The molecule has 1 saturated heterocycles. The lowest BCUT2D eigenvalue weighted by molar-refractivity contribution is -0.145. The van der Waals surface area contributed by atoms with Crippen molar-refractivity contribution in [3.05, 3.63) is 16.6 Å². The van der Waals surface area contributed by atoms with E-state index < -0.39 is 0 Å². The Bertz CT molecular complexity index is 488. The van der Waals surface area contributed by atoms with Crippen molar-refractivity contribution in [3.8, 4) is 0 Å². The van der Waals surface area contributed by atoms with E-state index in [4.69, 9.17) is 4.74 Å². The summed E-state index contributed by atoms with van der Waals surface area (Å²) in [6.07, 6.45) is 3.76. The second kappa shape index (κ2) is 5.25. The third-order valence-corrected chi connectivity index (χ3v) is 4.68. The molecule has 0 aliphatic carbocycles. The van der Waals surface area contributed by atoms with Crippen molar-refractivity contribution >= 4 is 21.8 Å². The highest BCUT2D eigenvalue weighted by molar-refractivity contribution is 9.10. The Labute approximate surface area is 121 Å². The summed E-state index contributed by atoms with van der Waals surface area (Å²) in [5.74, 6) is 1.19. The van der Waals surface area contributed by atoms with Gasteiger partial charge in [0.05, 0.1) is 24.8 Å². The maximum atomic E-state index is 12.6. The van der Waals surface area contributed by atoms with Crippen LogP contribution in [0.5, 0.6) is 0 Å². The number of halogens is 1. The molecule has 2 aliphatic rings. The van der Waals surface area contributed by atoms with Crippen molar-refractivity contribution in [1.82, 2.24) is 14.5 Å². The van der Waals surface area contributed by atoms with Gasteiger partial charge < -0.3 is 14.2 Å². The predicted octanol–water partition coefficient (Wildman–Crippen LogP) is 1.80. The summed E-state index contributed by atoms with van der Waals surface area (Å²) in [7, 11) is 0. The van der Waals surface area contributed by atoms with Crippen LogP contribution in [0, 0.1) is 5.92 Å². The molecule has 1 amide bonds. The first-order valence-electron chi connectivity index (χ1n) is 6.77. The molecule has 19 heavy (non-hydrogen) atoms. The number of nitrogens with zero attached hydrogens (tertiary/aromatic N) is 3. The van der Waals surface area contributed by atoms with Gasteiger partial charge in [-0.2, -0.15) is 0 Å². The first kappa shape index (κ1) is 13.1. The first-order chi connectivity index (χ1) is 9.16. The molecule has 5 nitrogen and oxygen atoms in total. The molecule has 2 unspecified atom stereocenters. The fourth-order valence-electron chi connectivity index (χ4n) is 2.89. The van der Waals surface area contributed by atoms with E-state index in [1.54, 1.807) is 6.20 Å². The SMILES string of the molecule is CC1OCCCC1C(=O)N1CCn2c(Br)cnc2C1. The number of fused-ring (bicyclic) bond motifs is 1. The second-order valence-electron chi connectivity index (χ2n) is 5.23. The molecule has 3 heterocycles. The monoisotopic (exact) mass is 327 g/mol. The van der Waals surface area contributed by atoms with Crippen molar-refractivity contribution in [1.29, 1.82) is 0 Å². The van der Waals surface area contributed by atoms with Crippen molar-refractivity contribution in [2.24, 2.45) is 5.92 Å². The zero-order valence-corrected chi connectivity index (χ0v) is 12.6. The number of ether oxygens (including phenoxy) is 1. The third-order valence-electron chi connectivity index (χ3n) is 4.05. The van der Waals surface area contributed by atoms with E-state index in [2.05, 4.69) is 25.5 Å². The van der Waals surface area contributed by atoms with E-state index in [9.17, 15) is 4.79 Å². The number of aromatic nitrogens is 2. The summed E-state index contributed by atoms with van der Waals surface area (Å²) < 4.78 is 8.71. The number of carbonyl (C=O) groups excluding carboxylic acids is 1. The number of amides is 1. The van der Waals surface area contributed by atoms with E-state index in [0.29, 0.717) is 6.54 Å². The van der Waals surface area contributed by atoms with Crippen LogP contribution in [-0.2, 0) is 22.6 Å². The van der Waals surface area contributed by atoms with Crippen LogP contribution in [0.15, 0.2) is 10.8 Å². The molecular weight excluding hydrogens is 310 g/mol. The standard InChI is InChI=1S/C13H18BrN3O2/c1-9-10(3-2-6-19-9)13(18)16-4-5-17-11(14)7-15-12(17)8-16/h7,9-10H,2-6,8H2,1H3. The molecule has 0 radical (unpaired) electrons. The van der Waals surface area contributed by atoms with E-state index in [1.165, 1.54) is 0 Å². The summed E-state index contributed by atoms with van der Waals surface area (Å²) in [5, 5.41) is 0. The van der Waals surface area contributed by atoms with Crippen LogP contribution in [0.2, 0.25) is 0 Å². The van der Waals surface area contributed by atoms with Crippen LogP contribution in [0.25, 0.3) is 0 Å². The van der Waals surface area contributed by atoms with Gasteiger partial charge in [-0.25, -0.2) is 4.98 Å². The summed E-state index contributed by atoms with van der Waals surface area (Å²) in [4.78, 5) is 18.8. The minimum absolute atomic E-state index is 0.0127. The highest BCUT2D eigenvalue weighted by Gasteiger charge is 2.33. The molecule has 6 heteroatoms. The fraction of sp³-hybridized carbons (Fsp3) is 0.692. The molecular formula is C13H18BrN3O2. The van der Waals surface area contributed by atoms with Crippen LogP contribution < -0.4 is 0 Å². The molecule has 0 N–H and O–H groups in total. The van der Waals surface area contributed by atoms with Gasteiger partial charge in [0.1, 0.15) is 10.4 Å². The lowest BCUT2D eigenvalue weighted by atomic mass is 9.93. The van der Waals surface area contributed by atoms with Crippen LogP contribution in [0.4, 0.5) is 0 Å². The molecule has 1 fully saturated rings. The minimum Gasteiger partial charge on any atom is -0.378 e. The quantitative estimate of drug-likeness (QED) is 0.790. The van der Waals surface area contributed by atoms with Gasteiger partial charge >= 0.3 is 0 Å². The molecule has 2 atom stereocenters. The Hall–Kier alpha value is -0.880. The molecule has 0 bridgehead atoms. The number of imidazole rings is 1. The Morgan fingerprint density at radius 3 is 3.16 bits per heavy atom. The van der Waals surface area contributed by atoms with E-state index in [0.717, 1.165) is 43.0 Å². The van der Waals surface area contributed by atoms with Crippen molar-refractivity contribution in [2.45, 2.75) is 39.0 Å². The fourth-order valence-corrected chi connectivity index (χ4v) is 3.38. The zero-order valence-electron chi connectivity index (χ0n) is 11.0. The zero-order chi connectivity index (χ0) is 13.4. The number of hydrogen-bond acceptors (Lipinski definition) is 3. The third kappa shape index (κ3) is 2.43. The second-order valence-corrected chi connectivity index (χ2v) is 6.05. The molecule has 0 aromatic carbocycles. The van der Waals surface area contributed by atoms with Crippen molar-refractivity contribution in [3.63, 3.8) is 0 Å². The van der Waals surface area contributed by atoms with Crippen molar-refractivity contribution in [2.75, 3.05) is 13.2 Å². The summed E-state index contributed by atoms with van der Waals surface area (Å²) in [6, 6.07) is 0. The molecule has 104 valence electrons. The summed E-state index contributed by atoms with van der Waals surface area (Å²) in [6.45, 7) is 4.95. The average Bonchev–Trinajstić information content (AvgIpc) is 2.80. The molecule has 2 aliphatic heterocycles. The smallest absolute Gasteiger partial charge is 0.228 e. The Kier molecular flexibility index (Phi) is 3.62. The van der Waals surface area contributed by atoms with Gasteiger partial charge in [-0.05, 0) is 35.7 Å². The summed E-state index contributed by atoms with van der Waals surface area (Å²) in [5.41, 5.74) is 0. The molecule has 1 aromatic heterocycles. The topological polar surface area (TPSA) is 47.4 Å². The highest BCUT2D eigenvalue weighted by Crippen LogP contribution is 2.25. The Morgan fingerprint density at radius 2 is 2.37 bits per heavy atom. The lowest BCUT2D eigenvalue weighted by Gasteiger charge is -2.35. The van der Waals surface area contributed by atoms with Crippen LogP contribution in [0.1, 0.15) is 25.6 Å². The maximum absolute atomic E-state index is 12.6. The lowest BCUT2D eigenvalue weighted by Crippen LogP contribution is -2.46. The van der Waals surface area contributed by atoms with Gasteiger partial charge in [0.15, 0.2) is 0 Å². The minimum atomic E-state index is 0.0127. The normalized spacial score (nSPS) is 27.2. The molecule has 0 saturated carbocycles. The number of carbonyl (C=O) groups is 1. The Balaban J connectivity index is 1.72. The number of rotatable bonds is 1. The average molecular weight is 328 g/mol. The van der Waals surface area contributed by atoms with Gasteiger partial charge in [0, 0.05) is 19.7 Å².